The highest BCUT2D eigenvalue weighted by Crippen LogP contribution is 2.13. The van der Waals surface area contributed by atoms with Gasteiger partial charge in [0.25, 0.3) is 11.2 Å². The Morgan fingerprint density at radius 2 is 1.67 bits per heavy atom. The van der Waals surface area contributed by atoms with Crippen LogP contribution in [0.5, 0.6) is 0 Å². The molecule has 4 rings (SSSR count). The Kier molecular flexibility index (Phi) is 4.17. The molecule has 2 aromatic carbocycles. The largest absolute Gasteiger partial charge is 0.293 e. The molecule has 0 saturated heterocycles. The number of hydrogen-bond acceptors (Lipinski definition) is 6. The molecule has 0 atom stereocenters. The van der Waals surface area contributed by atoms with Crippen molar-refractivity contribution in [2.24, 2.45) is 0 Å². The molecule has 134 valence electrons. The van der Waals surface area contributed by atoms with Crippen molar-refractivity contribution in [3.05, 3.63) is 92.5 Å². The van der Waals surface area contributed by atoms with Gasteiger partial charge in [-0.3, -0.25) is 19.5 Å². The Labute approximate surface area is 152 Å². The third kappa shape index (κ3) is 3.30. The van der Waals surface area contributed by atoms with Crippen LogP contribution in [0.4, 0.5) is 5.69 Å². The lowest BCUT2D eigenvalue weighted by atomic mass is 10.2. The zero-order valence-electron chi connectivity index (χ0n) is 14.1. The maximum atomic E-state index is 12.7. The number of nitro benzene ring substituents is 1. The summed E-state index contributed by atoms with van der Waals surface area (Å²) in [5.41, 5.74) is 2.09. The first kappa shape index (κ1) is 16.6. The molecule has 27 heavy (non-hydrogen) atoms. The molecular weight excluding hydrogens is 348 g/mol. The molecule has 0 aliphatic heterocycles. The summed E-state index contributed by atoms with van der Waals surface area (Å²) in [5.74, 6) is 0. The van der Waals surface area contributed by atoms with Crippen molar-refractivity contribution in [3.8, 4) is 0 Å². The van der Waals surface area contributed by atoms with E-state index in [-0.39, 0.29) is 23.3 Å². The van der Waals surface area contributed by atoms with Crippen LogP contribution in [0.1, 0.15) is 11.1 Å². The number of benzene rings is 2. The summed E-state index contributed by atoms with van der Waals surface area (Å²) < 4.78 is 2.99. The number of nitro groups is 1. The van der Waals surface area contributed by atoms with E-state index >= 15 is 0 Å². The first-order valence-electron chi connectivity index (χ1n) is 8.18. The second-order valence-electron chi connectivity index (χ2n) is 6.01. The van der Waals surface area contributed by atoms with Crippen molar-refractivity contribution in [1.82, 2.24) is 24.5 Å². The van der Waals surface area contributed by atoms with E-state index in [0.29, 0.717) is 12.2 Å². The van der Waals surface area contributed by atoms with Crippen LogP contribution in [0.25, 0.3) is 11.2 Å². The average molecular weight is 362 g/mol. The number of nitrogens with zero attached hydrogens (tertiary/aromatic N) is 6. The van der Waals surface area contributed by atoms with Crippen molar-refractivity contribution in [2.75, 3.05) is 0 Å². The molecule has 2 heterocycles. The fourth-order valence-corrected chi connectivity index (χ4v) is 2.78. The van der Waals surface area contributed by atoms with Gasteiger partial charge in [-0.2, -0.15) is 0 Å². The maximum absolute atomic E-state index is 12.7. The summed E-state index contributed by atoms with van der Waals surface area (Å²) in [6.07, 6.45) is 1.44. The molecule has 0 unspecified atom stereocenters. The van der Waals surface area contributed by atoms with Gasteiger partial charge in [-0.05, 0) is 11.1 Å². The topological polar surface area (TPSA) is 109 Å². The van der Waals surface area contributed by atoms with Crippen molar-refractivity contribution >= 4 is 16.9 Å². The van der Waals surface area contributed by atoms with Crippen LogP contribution in [0.2, 0.25) is 0 Å². The Morgan fingerprint density at radius 3 is 2.37 bits per heavy atom. The van der Waals surface area contributed by atoms with Gasteiger partial charge in [0.2, 0.25) is 0 Å². The lowest BCUT2D eigenvalue weighted by Gasteiger charge is -2.06. The van der Waals surface area contributed by atoms with Crippen LogP contribution in [-0.4, -0.2) is 29.5 Å². The van der Waals surface area contributed by atoms with Gasteiger partial charge in [0.15, 0.2) is 11.2 Å². The smallest absolute Gasteiger partial charge is 0.283 e. The van der Waals surface area contributed by atoms with Gasteiger partial charge in [0.05, 0.1) is 18.0 Å². The molecule has 0 aliphatic carbocycles. The Bertz CT molecular complexity index is 1170. The summed E-state index contributed by atoms with van der Waals surface area (Å²) in [6.45, 7) is 0.710. The van der Waals surface area contributed by atoms with Crippen molar-refractivity contribution in [2.45, 2.75) is 13.1 Å². The second-order valence-corrected chi connectivity index (χ2v) is 6.01. The molecule has 9 nitrogen and oxygen atoms in total. The number of hydrogen-bond donors (Lipinski definition) is 0. The van der Waals surface area contributed by atoms with E-state index in [4.69, 9.17) is 0 Å². The first-order chi connectivity index (χ1) is 13.1. The van der Waals surface area contributed by atoms with Gasteiger partial charge >= 0.3 is 0 Å². The van der Waals surface area contributed by atoms with Crippen molar-refractivity contribution in [3.63, 3.8) is 0 Å². The summed E-state index contributed by atoms with van der Waals surface area (Å²) in [6, 6.07) is 15.7. The summed E-state index contributed by atoms with van der Waals surface area (Å²) in [5, 5.41) is 18.8. The molecule has 0 radical (unpaired) electrons. The van der Waals surface area contributed by atoms with E-state index in [1.54, 1.807) is 16.8 Å². The van der Waals surface area contributed by atoms with Gasteiger partial charge < -0.3 is 0 Å². The van der Waals surface area contributed by atoms with Crippen LogP contribution in [-0.2, 0) is 13.1 Å². The molecule has 0 aliphatic rings. The normalized spacial score (nSPS) is 11.0. The van der Waals surface area contributed by atoms with Gasteiger partial charge in [-0.1, -0.05) is 47.7 Å². The van der Waals surface area contributed by atoms with Gasteiger partial charge in [-0.25, -0.2) is 9.67 Å². The van der Waals surface area contributed by atoms with Crippen molar-refractivity contribution < 1.29 is 4.92 Å². The van der Waals surface area contributed by atoms with E-state index in [0.717, 1.165) is 11.1 Å². The van der Waals surface area contributed by atoms with E-state index in [1.807, 2.05) is 30.3 Å². The van der Waals surface area contributed by atoms with Crippen LogP contribution < -0.4 is 5.56 Å². The molecule has 0 saturated carbocycles. The molecule has 0 fully saturated rings. The fraction of sp³-hybridized carbons (Fsp3) is 0.111. The zero-order valence-corrected chi connectivity index (χ0v) is 14.1. The fourth-order valence-electron chi connectivity index (χ4n) is 2.78. The number of aromatic nitrogens is 5. The minimum Gasteiger partial charge on any atom is -0.293 e. The van der Waals surface area contributed by atoms with E-state index < -0.39 is 4.92 Å². The minimum absolute atomic E-state index is 0.00327. The Balaban J connectivity index is 1.63. The monoisotopic (exact) mass is 362 g/mol. The highest BCUT2D eigenvalue weighted by Gasteiger charge is 2.13. The molecular formula is C18H14N6O3. The molecule has 0 amide bonds. The maximum Gasteiger partial charge on any atom is 0.283 e. The predicted molar refractivity (Wildman–Crippen MR) is 97.3 cm³/mol. The summed E-state index contributed by atoms with van der Waals surface area (Å²) in [4.78, 5) is 27.3. The van der Waals surface area contributed by atoms with Crippen LogP contribution in [0.15, 0.2) is 65.7 Å². The van der Waals surface area contributed by atoms with Gasteiger partial charge in [0, 0.05) is 12.1 Å². The van der Waals surface area contributed by atoms with Crippen LogP contribution >= 0.6 is 0 Å². The summed E-state index contributed by atoms with van der Waals surface area (Å²) >= 11 is 0. The predicted octanol–water partition coefficient (Wildman–Crippen LogP) is 1.99. The highest BCUT2D eigenvalue weighted by molar-refractivity contribution is 5.67. The SMILES string of the molecule is O=c1c2nnn(Cc3ccccc3)c2ncn1Cc1ccc([N+](=O)[O-])cc1. The third-order valence-electron chi connectivity index (χ3n) is 4.17. The molecule has 4 aromatic rings. The second kappa shape index (κ2) is 6.79. The zero-order chi connectivity index (χ0) is 18.8. The number of rotatable bonds is 5. The highest BCUT2D eigenvalue weighted by atomic mass is 16.6. The molecule has 0 N–H and O–H groups in total. The van der Waals surface area contributed by atoms with Crippen LogP contribution in [0, 0.1) is 10.1 Å². The minimum atomic E-state index is -0.464. The Hall–Kier alpha value is -3.88. The van der Waals surface area contributed by atoms with Crippen LogP contribution in [0.3, 0.4) is 0 Å². The quantitative estimate of drug-likeness (QED) is 0.397. The Morgan fingerprint density at radius 1 is 0.963 bits per heavy atom. The molecule has 0 bridgehead atoms. The molecule has 9 heteroatoms. The summed E-state index contributed by atoms with van der Waals surface area (Å²) in [7, 11) is 0. The standard InChI is InChI=1S/C18H14N6O3/c25-18-16-17(23(21-20-16)11-13-4-2-1-3-5-13)19-12-22(18)10-14-6-8-15(9-7-14)24(26)27/h1-9,12H,10-11H2. The lowest BCUT2D eigenvalue weighted by molar-refractivity contribution is -0.384. The van der Waals surface area contributed by atoms with E-state index in [9.17, 15) is 14.9 Å². The average Bonchev–Trinajstić information content (AvgIpc) is 3.09. The molecule has 0 spiro atoms. The number of non-ortho nitro benzene ring substituents is 1. The van der Waals surface area contributed by atoms with E-state index in [1.165, 1.54) is 23.0 Å². The first-order valence-corrected chi connectivity index (χ1v) is 8.18. The molecule has 2 aromatic heterocycles. The van der Waals surface area contributed by atoms with E-state index in [2.05, 4.69) is 15.3 Å². The van der Waals surface area contributed by atoms with Gasteiger partial charge in [0.1, 0.15) is 6.33 Å². The number of fused-ring (bicyclic) bond motifs is 1. The lowest BCUT2D eigenvalue weighted by Crippen LogP contribution is -2.21. The van der Waals surface area contributed by atoms with Crippen molar-refractivity contribution in [1.29, 1.82) is 0 Å². The third-order valence-corrected chi connectivity index (χ3v) is 4.17. The van der Waals surface area contributed by atoms with Gasteiger partial charge in [-0.15, -0.1) is 5.10 Å².